The van der Waals surface area contributed by atoms with Crippen molar-refractivity contribution in [1.29, 1.82) is 0 Å². The topological polar surface area (TPSA) is 101 Å². The molecule has 2 N–H and O–H groups in total. The minimum absolute atomic E-state index is 0. The van der Waals surface area contributed by atoms with E-state index in [2.05, 4.69) is 0 Å². The average molecular weight is 442 g/mol. The summed E-state index contributed by atoms with van der Waals surface area (Å²) in [7, 11) is -6.32. The SMILES string of the molecule is O=C(CCC(F)(F)C(F)(F)S(=O)(=O)O)OCC12C[C@@H]3C[C@@H](CC(O)(C3)C1)C2.[H-].[Na+]. The maximum atomic E-state index is 13.4. The molecule has 4 aliphatic rings. The fourth-order valence-corrected chi connectivity index (χ4v) is 5.95. The molecule has 0 spiro atoms. The van der Waals surface area contributed by atoms with Gasteiger partial charge in [0, 0.05) is 11.8 Å². The summed E-state index contributed by atoms with van der Waals surface area (Å²) < 4.78 is 87.3. The summed E-state index contributed by atoms with van der Waals surface area (Å²) in [5, 5.41) is 4.91. The monoisotopic (exact) mass is 442 g/mol. The first-order valence-electron chi connectivity index (χ1n) is 8.78. The standard InChI is InChI=1S/C16H22F4O6S.Na.H/c17-15(18,16(19,20)27(23,24)25)2-1-12(21)26-9-13-4-10-3-11(5-13)7-14(22,6-10)8-13;;/h10-11,22H,1-9H2,(H,23,24,25);;/q;+1;-1/t10-,11+,13?,14?;;. The van der Waals surface area contributed by atoms with E-state index in [1.165, 1.54) is 0 Å². The van der Waals surface area contributed by atoms with Crippen molar-refractivity contribution in [2.24, 2.45) is 17.3 Å². The third-order valence-corrected chi connectivity index (χ3v) is 7.03. The second kappa shape index (κ2) is 7.64. The molecule has 4 aliphatic carbocycles. The van der Waals surface area contributed by atoms with Crippen molar-refractivity contribution in [1.82, 2.24) is 0 Å². The second-order valence-electron chi connectivity index (χ2n) is 8.54. The van der Waals surface area contributed by atoms with Gasteiger partial charge in [-0.1, -0.05) is 0 Å². The molecule has 4 fully saturated rings. The van der Waals surface area contributed by atoms with Crippen LogP contribution in [0.25, 0.3) is 0 Å². The molecule has 0 heterocycles. The van der Waals surface area contributed by atoms with Crippen LogP contribution in [0.15, 0.2) is 0 Å². The molecule has 0 aromatic carbocycles. The van der Waals surface area contributed by atoms with Crippen LogP contribution in [0.2, 0.25) is 0 Å². The Morgan fingerprint density at radius 2 is 1.68 bits per heavy atom. The van der Waals surface area contributed by atoms with Gasteiger partial charge in [-0.05, 0) is 50.4 Å². The van der Waals surface area contributed by atoms with Crippen LogP contribution < -0.4 is 29.6 Å². The number of ether oxygens (including phenoxy) is 1. The van der Waals surface area contributed by atoms with Crippen molar-refractivity contribution < 1.29 is 76.2 Å². The number of aliphatic hydroxyl groups is 1. The third kappa shape index (κ3) is 4.54. The molecule has 12 heteroatoms. The van der Waals surface area contributed by atoms with Gasteiger partial charge < -0.3 is 11.3 Å². The van der Waals surface area contributed by atoms with E-state index < -0.39 is 51.1 Å². The molecule has 0 saturated heterocycles. The van der Waals surface area contributed by atoms with E-state index in [4.69, 9.17) is 9.29 Å². The van der Waals surface area contributed by atoms with Crippen molar-refractivity contribution in [2.75, 3.05) is 6.61 Å². The summed E-state index contributed by atoms with van der Waals surface area (Å²) in [5.41, 5.74) is -1.21. The van der Waals surface area contributed by atoms with Gasteiger partial charge in [0.1, 0.15) is 0 Å². The predicted molar refractivity (Wildman–Crippen MR) is 84.8 cm³/mol. The molecular weight excluding hydrogens is 419 g/mol. The molecule has 158 valence electrons. The van der Waals surface area contributed by atoms with Crippen molar-refractivity contribution in [3.63, 3.8) is 0 Å². The number of hydrogen-bond acceptors (Lipinski definition) is 5. The largest absolute Gasteiger partial charge is 1.00 e. The summed E-state index contributed by atoms with van der Waals surface area (Å²) in [6.45, 7) is -0.0819. The summed E-state index contributed by atoms with van der Waals surface area (Å²) in [6.07, 6.45) is 1.50. The molecule has 4 bridgehead atoms. The van der Waals surface area contributed by atoms with Crippen molar-refractivity contribution in [2.45, 2.75) is 68.1 Å². The zero-order chi connectivity index (χ0) is 20.3. The Balaban J connectivity index is 0.00000210. The van der Waals surface area contributed by atoms with Gasteiger partial charge in [-0.25, -0.2) is 0 Å². The number of rotatable bonds is 7. The zero-order valence-electron chi connectivity index (χ0n) is 16.5. The summed E-state index contributed by atoms with van der Waals surface area (Å²) in [4.78, 5) is 11.8. The van der Waals surface area contributed by atoms with Crippen LogP contribution in [0.1, 0.15) is 52.8 Å². The van der Waals surface area contributed by atoms with Gasteiger partial charge in [-0.15, -0.1) is 0 Å². The molecule has 4 rings (SSSR count). The van der Waals surface area contributed by atoms with Crippen LogP contribution in [0.5, 0.6) is 0 Å². The Bertz CT molecular complexity index is 721. The smallest absolute Gasteiger partial charge is 1.00 e. The number of halogens is 4. The molecule has 0 amide bonds. The van der Waals surface area contributed by atoms with E-state index in [9.17, 15) is 35.9 Å². The maximum Gasteiger partial charge on any atom is 1.00 e. The van der Waals surface area contributed by atoms with E-state index in [0.29, 0.717) is 31.1 Å². The maximum absolute atomic E-state index is 13.4. The second-order valence-corrected chi connectivity index (χ2v) is 10.0. The van der Waals surface area contributed by atoms with E-state index in [-0.39, 0.29) is 37.6 Å². The van der Waals surface area contributed by atoms with Gasteiger partial charge in [-0.2, -0.15) is 26.0 Å². The number of carbonyl (C=O) groups is 1. The van der Waals surface area contributed by atoms with Crippen LogP contribution in [-0.2, 0) is 19.6 Å². The van der Waals surface area contributed by atoms with Crippen LogP contribution in [0, 0.1) is 17.3 Å². The number of carbonyl (C=O) groups excluding carboxylic acids is 1. The Morgan fingerprint density at radius 1 is 1.14 bits per heavy atom. The number of hydrogen-bond donors (Lipinski definition) is 2. The molecule has 0 aromatic rings. The predicted octanol–water partition coefficient (Wildman–Crippen LogP) is -0.126. The summed E-state index contributed by atoms with van der Waals surface area (Å²) >= 11 is 0. The molecule has 4 atom stereocenters. The quantitative estimate of drug-likeness (QED) is 0.247. The molecule has 0 radical (unpaired) electrons. The summed E-state index contributed by atoms with van der Waals surface area (Å²) in [6, 6.07) is 0. The molecule has 0 aliphatic heterocycles. The Hall–Kier alpha value is 0.0600. The van der Waals surface area contributed by atoms with Crippen molar-refractivity contribution >= 4 is 16.1 Å². The minimum Gasteiger partial charge on any atom is -1.00 e. The first-order valence-corrected chi connectivity index (χ1v) is 10.2. The van der Waals surface area contributed by atoms with Gasteiger partial charge in [-0.3, -0.25) is 9.35 Å². The minimum atomic E-state index is -6.32. The van der Waals surface area contributed by atoms with Gasteiger partial charge >= 0.3 is 56.8 Å². The Kier molecular flexibility index (Phi) is 6.63. The molecule has 6 nitrogen and oxygen atoms in total. The first kappa shape index (κ1) is 24.3. The van der Waals surface area contributed by atoms with Gasteiger partial charge in [0.05, 0.1) is 18.6 Å². The van der Waals surface area contributed by atoms with E-state index in [0.717, 1.165) is 19.3 Å². The van der Waals surface area contributed by atoms with Crippen molar-refractivity contribution in [3.8, 4) is 0 Å². The van der Waals surface area contributed by atoms with Crippen LogP contribution in [-0.4, -0.2) is 47.4 Å². The zero-order valence-corrected chi connectivity index (χ0v) is 18.3. The van der Waals surface area contributed by atoms with Crippen LogP contribution >= 0.6 is 0 Å². The van der Waals surface area contributed by atoms with E-state index >= 15 is 0 Å². The number of esters is 1. The fraction of sp³-hybridized carbons (Fsp3) is 0.938. The van der Waals surface area contributed by atoms with E-state index in [1.54, 1.807) is 0 Å². The Morgan fingerprint density at radius 3 is 2.14 bits per heavy atom. The van der Waals surface area contributed by atoms with Gasteiger partial charge in [0.25, 0.3) is 0 Å². The molecule has 4 saturated carbocycles. The number of alkyl halides is 4. The third-order valence-electron chi connectivity index (χ3n) is 6.08. The normalized spacial score (nSPS) is 34.8. The average Bonchev–Trinajstić information content (AvgIpc) is 2.47. The van der Waals surface area contributed by atoms with E-state index in [1.807, 2.05) is 0 Å². The fourth-order valence-electron chi connectivity index (χ4n) is 5.47. The Labute approximate surface area is 183 Å². The van der Waals surface area contributed by atoms with Gasteiger partial charge in [0.2, 0.25) is 0 Å². The van der Waals surface area contributed by atoms with Crippen molar-refractivity contribution in [3.05, 3.63) is 0 Å². The molecular formula is C16H23F4NaO6S. The summed E-state index contributed by atoms with van der Waals surface area (Å²) in [5.74, 6) is -5.61. The van der Waals surface area contributed by atoms with Crippen LogP contribution in [0.4, 0.5) is 17.6 Å². The van der Waals surface area contributed by atoms with Gasteiger partial charge in [0.15, 0.2) is 0 Å². The first-order chi connectivity index (χ1) is 12.2. The molecule has 28 heavy (non-hydrogen) atoms. The molecule has 2 unspecified atom stereocenters. The van der Waals surface area contributed by atoms with Crippen LogP contribution in [0.3, 0.4) is 0 Å². The molecule has 0 aromatic heterocycles.